The molecule has 0 bridgehead atoms. The Balaban J connectivity index is 0.838. The van der Waals surface area contributed by atoms with Gasteiger partial charge in [0.25, 0.3) is 11.8 Å². The Morgan fingerprint density at radius 2 is 1.55 bits per heavy atom. The highest BCUT2D eigenvalue weighted by Gasteiger charge is 2.21. The Hall–Kier alpha value is -7.15. The van der Waals surface area contributed by atoms with E-state index in [1.165, 1.54) is 29.4 Å². The predicted octanol–water partition coefficient (Wildman–Crippen LogP) is 6.06. The second-order valence-electron chi connectivity index (χ2n) is 13.2. The fourth-order valence-electron chi connectivity index (χ4n) is 6.62. The van der Waals surface area contributed by atoms with Gasteiger partial charge < -0.3 is 19.9 Å². The van der Waals surface area contributed by atoms with Gasteiger partial charge in [-0.15, -0.1) is 5.10 Å². The molecule has 4 aromatic carbocycles. The molecule has 55 heavy (non-hydrogen) atoms. The summed E-state index contributed by atoms with van der Waals surface area (Å²) in [7, 11) is 0. The van der Waals surface area contributed by atoms with E-state index < -0.39 is 6.04 Å². The summed E-state index contributed by atoms with van der Waals surface area (Å²) in [5.41, 5.74) is 5.64. The summed E-state index contributed by atoms with van der Waals surface area (Å²) >= 11 is 0. The van der Waals surface area contributed by atoms with E-state index in [1.54, 1.807) is 10.7 Å². The van der Waals surface area contributed by atoms with Crippen LogP contribution in [0.4, 0.5) is 0 Å². The van der Waals surface area contributed by atoms with E-state index in [9.17, 15) is 9.59 Å². The van der Waals surface area contributed by atoms with Crippen LogP contribution in [0.2, 0.25) is 0 Å². The molecule has 0 aliphatic heterocycles. The molecule has 1 atom stereocenters. The lowest BCUT2D eigenvalue weighted by atomic mass is 10.0. The fraction of sp³-hybridized carbons (Fsp3) is 0.167. The molecule has 8 aromatic rings. The minimum Gasteiger partial charge on any atom is -0.489 e. The van der Waals surface area contributed by atoms with Crippen LogP contribution in [0.25, 0.3) is 21.8 Å². The van der Waals surface area contributed by atoms with E-state index in [4.69, 9.17) is 4.74 Å². The highest BCUT2D eigenvalue weighted by atomic mass is 16.5. The molecular weight excluding hydrogens is 693 g/mol. The molecule has 274 valence electrons. The van der Waals surface area contributed by atoms with Crippen molar-refractivity contribution in [1.82, 2.24) is 50.4 Å². The van der Waals surface area contributed by atoms with Crippen LogP contribution in [-0.2, 0) is 26.1 Å². The van der Waals surface area contributed by atoms with Crippen molar-refractivity contribution in [1.29, 1.82) is 0 Å². The van der Waals surface area contributed by atoms with Crippen molar-refractivity contribution in [3.63, 3.8) is 0 Å². The highest BCUT2D eigenvalue weighted by molar-refractivity contribution is 6.08. The minimum atomic E-state index is -0.504. The summed E-state index contributed by atoms with van der Waals surface area (Å²) in [6, 6.07) is 37.0. The first-order valence-corrected chi connectivity index (χ1v) is 18.1. The number of nitrogens with zero attached hydrogens (tertiary/aromatic N) is 7. The largest absolute Gasteiger partial charge is 0.489 e. The van der Waals surface area contributed by atoms with Crippen molar-refractivity contribution < 1.29 is 14.3 Å². The van der Waals surface area contributed by atoms with E-state index in [1.807, 2.05) is 72.9 Å². The lowest BCUT2D eigenvalue weighted by Gasteiger charge is -2.17. The summed E-state index contributed by atoms with van der Waals surface area (Å²) in [6.45, 7) is 2.03. The summed E-state index contributed by atoms with van der Waals surface area (Å²) < 4.78 is 9.97. The average molecular weight is 731 g/mol. The Kier molecular flexibility index (Phi) is 10.3. The smallest absolute Gasteiger partial charge is 0.269 e. The Bertz CT molecular complexity index is 2480. The van der Waals surface area contributed by atoms with Gasteiger partial charge in [-0.25, -0.2) is 4.98 Å². The number of carbonyl (C=O) groups is 2. The molecular formula is C42H38N10O3. The number of rotatable bonds is 15. The van der Waals surface area contributed by atoms with E-state index in [0.29, 0.717) is 50.5 Å². The number of aromatic nitrogens is 8. The fourth-order valence-corrected chi connectivity index (χ4v) is 6.62. The molecule has 4 heterocycles. The molecule has 13 nitrogen and oxygen atoms in total. The number of hydrogen-bond donors (Lipinski definition) is 3. The van der Waals surface area contributed by atoms with Crippen LogP contribution in [0.1, 0.15) is 56.0 Å². The van der Waals surface area contributed by atoms with Crippen molar-refractivity contribution in [3.8, 4) is 5.75 Å². The second kappa shape index (κ2) is 16.3. The first-order chi connectivity index (χ1) is 27.1. The predicted molar refractivity (Wildman–Crippen MR) is 207 cm³/mol. The molecule has 13 heteroatoms. The second-order valence-corrected chi connectivity index (χ2v) is 13.2. The molecule has 0 spiro atoms. The molecule has 8 rings (SSSR count). The zero-order chi connectivity index (χ0) is 37.4. The average Bonchev–Trinajstić information content (AvgIpc) is 4.00. The third kappa shape index (κ3) is 8.25. The van der Waals surface area contributed by atoms with Crippen LogP contribution in [0.3, 0.4) is 0 Å². The van der Waals surface area contributed by atoms with Crippen molar-refractivity contribution >= 4 is 33.6 Å². The maximum absolute atomic E-state index is 13.5. The number of H-pyrrole nitrogens is 1. The SMILES string of the molecule is O=C(N[C@@H](Cc1ccc(OCc2ccccc2)cc1)c1ncn[nH]1)c1ccnc(C(=O)NCCCn2cc(Cn3c4ccccc4c4ccccc43)nn2)c1. The van der Waals surface area contributed by atoms with Crippen LogP contribution in [0.15, 0.2) is 134 Å². The Labute approximate surface area is 316 Å². The van der Waals surface area contributed by atoms with Gasteiger partial charge in [-0.3, -0.25) is 24.4 Å². The number of ether oxygens (including phenoxy) is 1. The number of aromatic amines is 1. The van der Waals surface area contributed by atoms with Crippen molar-refractivity contribution in [2.45, 2.75) is 38.6 Å². The van der Waals surface area contributed by atoms with Gasteiger partial charge in [-0.2, -0.15) is 5.10 Å². The summed E-state index contributed by atoms with van der Waals surface area (Å²) in [4.78, 5) is 35.0. The first-order valence-electron chi connectivity index (χ1n) is 18.1. The first kappa shape index (κ1) is 34.9. The molecule has 4 aromatic heterocycles. The number of fused-ring (bicyclic) bond motifs is 3. The van der Waals surface area contributed by atoms with Crippen LogP contribution in [-0.4, -0.2) is 58.1 Å². The molecule has 0 aliphatic carbocycles. The third-order valence-corrected chi connectivity index (χ3v) is 9.37. The highest BCUT2D eigenvalue weighted by Crippen LogP contribution is 2.29. The zero-order valence-electron chi connectivity index (χ0n) is 29.9. The number of benzene rings is 4. The van der Waals surface area contributed by atoms with Gasteiger partial charge in [0.15, 0.2) is 0 Å². The Morgan fingerprint density at radius 3 is 2.29 bits per heavy atom. The van der Waals surface area contributed by atoms with E-state index in [0.717, 1.165) is 33.6 Å². The van der Waals surface area contributed by atoms with Gasteiger partial charge in [0, 0.05) is 46.7 Å². The topological polar surface area (TPSA) is 158 Å². The van der Waals surface area contributed by atoms with Gasteiger partial charge in [-0.1, -0.05) is 84.1 Å². The molecule has 3 N–H and O–H groups in total. The van der Waals surface area contributed by atoms with Crippen LogP contribution >= 0.6 is 0 Å². The quantitative estimate of drug-likeness (QED) is 0.108. The number of pyridine rings is 1. The minimum absolute atomic E-state index is 0.143. The van der Waals surface area contributed by atoms with Gasteiger partial charge >= 0.3 is 0 Å². The van der Waals surface area contributed by atoms with Crippen molar-refractivity contribution in [2.75, 3.05) is 6.54 Å². The van der Waals surface area contributed by atoms with Gasteiger partial charge in [0.2, 0.25) is 0 Å². The van der Waals surface area contributed by atoms with Gasteiger partial charge in [-0.05, 0) is 60.4 Å². The maximum atomic E-state index is 13.5. The van der Waals surface area contributed by atoms with Crippen molar-refractivity contribution in [3.05, 3.63) is 168 Å². The van der Waals surface area contributed by atoms with Crippen LogP contribution in [0, 0.1) is 0 Å². The number of nitrogens with one attached hydrogen (secondary N) is 3. The standard InChI is InChI=1S/C42H38N10O3/c53-41(47-36(40-45-28-46-49-40)23-29-15-17-33(18-16-29)55-27-30-9-2-1-3-10-30)31-19-21-43-37(24-31)42(54)44-20-8-22-51-25-32(48-50-51)26-52-38-13-6-4-11-34(38)35-12-5-7-14-39(35)52/h1-7,9-19,21,24-25,28,36H,8,20,22-23,26-27H2,(H,44,54)(H,47,53)(H,45,46,49)/t36-/m0/s1. The van der Waals surface area contributed by atoms with E-state index >= 15 is 0 Å². The lowest BCUT2D eigenvalue weighted by Crippen LogP contribution is -2.31. The maximum Gasteiger partial charge on any atom is 0.269 e. The van der Waals surface area contributed by atoms with E-state index in [-0.39, 0.29) is 17.5 Å². The van der Waals surface area contributed by atoms with Gasteiger partial charge in [0.1, 0.15) is 35.9 Å². The Morgan fingerprint density at radius 1 is 0.800 bits per heavy atom. The lowest BCUT2D eigenvalue weighted by molar-refractivity contribution is 0.0934. The summed E-state index contributed by atoms with van der Waals surface area (Å²) in [6.07, 6.45) is 5.88. The third-order valence-electron chi connectivity index (χ3n) is 9.37. The molecule has 0 unspecified atom stereocenters. The molecule has 2 amide bonds. The number of hydrogen-bond acceptors (Lipinski definition) is 8. The zero-order valence-corrected chi connectivity index (χ0v) is 29.9. The number of para-hydroxylation sites is 2. The summed E-state index contributed by atoms with van der Waals surface area (Å²) in [5.74, 6) is 0.510. The van der Waals surface area contributed by atoms with Crippen LogP contribution < -0.4 is 15.4 Å². The molecule has 0 saturated carbocycles. The van der Waals surface area contributed by atoms with Crippen LogP contribution in [0.5, 0.6) is 5.75 Å². The molecule has 0 fully saturated rings. The van der Waals surface area contributed by atoms with Gasteiger partial charge in [0.05, 0.1) is 18.8 Å². The van der Waals surface area contributed by atoms with Crippen molar-refractivity contribution in [2.24, 2.45) is 0 Å². The molecule has 0 saturated heterocycles. The normalized spacial score (nSPS) is 11.8. The van der Waals surface area contributed by atoms with E-state index in [2.05, 4.69) is 82.1 Å². The molecule has 0 aliphatic rings. The number of aryl methyl sites for hydroxylation is 1. The summed E-state index contributed by atoms with van der Waals surface area (Å²) in [5, 5.41) is 23.9. The number of amides is 2. The number of carbonyl (C=O) groups excluding carboxylic acids is 2. The monoisotopic (exact) mass is 730 g/mol. The molecule has 0 radical (unpaired) electrons.